The first-order chi connectivity index (χ1) is 13.1. The second kappa shape index (κ2) is 10.7. The average molecular weight is 409 g/mol. The summed E-state index contributed by atoms with van der Waals surface area (Å²) in [6.07, 6.45) is 6.24. The number of rotatable bonds is 8. The number of hydrogen-bond donors (Lipinski definition) is 2. The van der Waals surface area contributed by atoms with E-state index in [-0.39, 0.29) is 24.0 Å². The number of hydrogen-bond acceptors (Lipinski definition) is 6. The average Bonchev–Trinajstić information content (AvgIpc) is 3.19. The van der Waals surface area contributed by atoms with Crippen LogP contribution in [0.15, 0.2) is 30.5 Å². The van der Waals surface area contributed by atoms with Crippen molar-refractivity contribution in [2.75, 3.05) is 19.6 Å². The number of amides is 1. The first-order valence-electron chi connectivity index (χ1n) is 9.27. The van der Waals surface area contributed by atoms with Crippen molar-refractivity contribution >= 4 is 24.0 Å². The fourth-order valence-electron chi connectivity index (χ4n) is 3.16. The van der Waals surface area contributed by atoms with Crippen molar-refractivity contribution in [3.05, 3.63) is 51.8 Å². The van der Waals surface area contributed by atoms with Crippen molar-refractivity contribution < 1.29 is 9.72 Å². The van der Waals surface area contributed by atoms with E-state index in [1.165, 1.54) is 12.1 Å². The third-order valence-electron chi connectivity index (χ3n) is 4.75. The molecule has 1 aromatic heterocycles. The Morgan fingerprint density at radius 3 is 2.64 bits per heavy atom. The van der Waals surface area contributed by atoms with Gasteiger partial charge in [-0.05, 0) is 50.8 Å². The molecule has 0 aliphatic carbocycles. The lowest BCUT2D eigenvalue weighted by molar-refractivity contribution is -0.384. The molecule has 3 rings (SSSR count). The van der Waals surface area contributed by atoms with Gasteiger partial charge in [-0.3, -0.25) is 14.9 Å². The minimum atomic E-state index is -0.402. The smallest absolute Gasteiger partial charge is 0.273 e. The SMILES string of the molecule is Cl.O=C(NCCCCc1ccc([N+](=O)[O-])cc1)c1cn(C2CCNCC2)nn1. The topological polar surface area (TPSA) is 115 Å². The van der Waals surface area contributed by atoms with Crippen molar-refractivity contribution in [2.45, 2.75) is 38.1 Å². The maximum atomic E-state index is 12.2. The van der Waals surface area contributed by atoms with Gasteiger partial charge < -0.3 is 10.6 Å². The minimum absolute atomic E-state index is 0. The number of nitro benzene ring substituents is 1. The number of non-ortho nitro benzene ring substituents is 1. The number of nitrogens with zero attached hydrogens (tertiary/aromatic N) is 4. The highest BCUT2D eigenvalue weighted by molar-refractivity contribution is 5.91. The van der Waals surface area contributed by atoms with Gasteiger partial charge in [-0.25, -0.2) is 4.68 Å². The van der Waals surface area contributed by atoms with Crippen molar-refractivity contribution in [1.29, 1.82) is 0 Å². The molecule has 152 valence electrons. The standard InChI is InChI=1S/C18H24N6O3.ClH/c25-18(17-13-23(22-21-17)15-8-11-19-12-9-15)20-10-2-1-3-14-4-6-16(7-5-14)24(26)27;/h4-7,13,15,19H,1-3,8-12H2,(H,20,25);1H. The van der Waals surface area contributed by atoms with Crippen LogP contribution in [0.4, 0.5) is 5.69 Å². The van der Waals surface area contributed by atoms with E-state index in [4.69, 9.17) is 0 Å². The van der Waals surface area contributed by atoms with Crippen molar-refractivity contribution in [1.82, 2.24) is 25.6 Å². The second-order valence-corrected chi connectivity index (χ2v) is 6.70. The summed E-state index contributed by atoms with van der Waals surface area (Å²) in [6.45, 7) is 2.48. The first kappa shape index (κ1) is 21.8. The Morgan fingerprint density at radius 2 is 1.96 bits per heavy atom. The summed E-state index contributed by atoms with van der Waals surface area (Å²) < 4.78 is 1.80. The fourth-order valence-corrected chi connectivity index (χ4v) is 3.16. The molecule has 9 nitrogen and oxygen atoms in total. The van der Waals surface area contributed by atoms with E-state index in [9.17, 15) is 14.9 Å². The molecular formula is C18H25ClN6O3. The molecule has 1 aliphatic heterocycles. The van der Waals surface area contributed by atoms with Gasteiger partial charge in [0, 0.05) is 18.7 Å². The molecule has 0 radical (unpaired) electrons. The van der Waals surface area contributed by atoms with Crippen LogP contribution in [-0.4, -0.2) is 45.5 Å². The number of nitro groups is 1. The molecule has 1 amide bonds. The van der Waals surface area contributed by atoms with Crippen LogP contribution in [0.5, 0.6) is 0 Å². The number of carbonyl (C=O) groups excluding carboxylic acids is 1. The van der Waals surface area contributed by atoms with Crippen molar-refractivity contribution in [3.63, 3.8) is 0 Å². The molecule has 10 heteroatoms. The summed E-state index contributed by atoms with van der Waals surface area (Å²) in [4.78, 5) is 22.4. The molecule has 0 unspecified atom stereocenters. The number of unbranched alkanes of at least 4 members (excludes halogenated alkanes) is 1. The van der Waals surface area contributed by atoms with Crippen LogP contribution in [0.3, 0.4) is 0 Å². The summed E-state index contributed by atoms with van der Waals surface area (Å²) >= 11 is 0. The van der Waals surface area contributed by atoms with Crippen LogP contribution in [-0.2, 0) is 6.42 Å². The van der Waals surface area contributed by atoms with Gasteiger partial charge in [0.1, 0.15) is 0 Å². The Balaban J connectivity index is 0.00000280. The van der Waals surface area contributed by atoms with Crippen LogP contribution in [0.25, 0.3) is 0 Å². The lowest BCUT2D eigenvalue weighted by Crippen LogP contribution is -2.29. The molecule has 1 aromatic carbocycles. The normalized spacial score (nSPS) is 14.3. The molecule has 0 atom stereocenters. The Hall–Kier alpha value is -2.52. The Morgan fingerprint density at radius 1 is 1.25 bits per heavy atom. The third-order valence-corrected chi connectivity index (χ3v) is 4.75. The van der Waals surface area contributed by atoms with Gasteiger partial charge in [-0.1, -0.05) is 17.3 Å². The Kier molecular flexibility index (Phi) is 8.34. The van der Waals surface area contributed by atoms with Crippen LogP contribution < -0.4 is 10.6 Å². The Bertz CT molecular complexity index is 774. The molecule has 0 saturated carbocycles. The fraction of sp³-hybridized carbons (Fsp3) is 0.500. The molecule has 1 fully saturated rings. The summed E-state index contributed by atoms with van der Waals surface area (Å²) in [5, 5.41) is 24.9. The highest BCUT2D eigenvalue weighted by atomic mass is 35.5. The molecule has 28 heavy (non-hydrogen) atoms. The van der Waals surface area contributed by atoms with E-state index >= 15 is 0 Å². The summed E-state index contributed by atoms with van der Waals surface area (Å²) in [6, 6.07) is 6.89. The van der Waals surface area contributed by atoms with Crippen LogP contribution in [0.2, 0.25) is 0 Å². The van der Waals surface area contributed by atoms with Gasteiger partial charge in [0.05, 0.1) is 17.2 Å². The molecule has 0 spiro atoms. The predicted molar refractivity (Wildman–Crippen MR) is 107 cm³/mol. The molecule has 2 heterocycles. The first-order valence-corrected chi connectivity index (χ1v) is 9.27. The number of nitrogens with one attached hydrogen (secondary N) is 2. The van der Waals surface area contributed by atoms with Crippen LogP contribution in [0, 0.1) is 10.1 Å². The van der Waals surface area contributed by atoms with Gasteiger partial charge in [0.2, 0.25) is 0 Å². The van der Waals surface area contributed by atoms with E-state index in [0.717, 1.165) is 50.8 Å². The Labute approximate surface area is 169 Å². The molecule has 1 saturated heterocycles. The zero-order chi connectivity index (χ0) is 19.1. The number of benzene rings is 1. The van der Waals surface area contributed by atoms with E-state index < -0.39 is 4.92 Å². The number of aryl methyl sites for hydroxylation is 1. The highest BCUT2D eigenvalue weighted by Crippen LogP contribution is 2.17. The van der Waals surface area contributed by atoms with Crippen molar-refractivity contribution in [3.8, 4) is 0 Å². The lowest BCUT2D eigenvalue weighted by atomic mass is 10.1. The van der Waals surface area contributed by atoms with Gasteiger partial charge >= 0.3 is 0 Å². The monoisotopic (exact) mass is 408 g/mol. The largest absolute Gasteiger partial charge is 0.351 e. The number of carbonyl (C=O) groups is 1. The number of halogens is 1. The second-order valence-electron chi connectivity index (χ2n) is 6.70. The summed E-state index contributed by atoms with van der Waals surface area (Å²) in [7, 11) is 0. The van der Waals surface area contributed by atoms with Gasteiger partial charge in [-0.15, -0.1) is 17.5 Å². The zero-order valence-corrected chi connectivity index (χ0v) is 16.4. The predicted octanol–water partition coefficient (Wildman–Crippen LogP) is 2.29. The molecule has 1 aliphatic rings. The van der Waals surface area contributed by atoms with Crippen molar-refractivity contribution in [2.24, 2.45) is 0 Å². The minimum Gasteiger partial charge on any atom is -0.351 e. The molecule has 0 bridgehead atoms. The van der Waals surface area contributed by atoms with E-state index in [1.807, 2.05) is 0 Å². The quantitative estimate of drug-likeness (QED) is 0.393. The summed E-state index contributed by atoms with van der Waals surface area (Å²) in [5.74, 6) is -0.203. The zero-order valence-electron chi connectivity index (χ0n) is 15.5. The molecular weight excluding hydrogens is 384 g/mol. The van der Waals surface area contributed by atoms with Crippen LogP contribution >= 0.6 is 12.4 Å². The third kappa shape index (κ3) is 6.00. The molecule has 2 aromatic rings. The highest BCUT2D eigenvalue weighted by Gasteiger charge is 2.18. The van der Waals surface area contributed by atoms with E-state index in [1.54, 1.807) is 23.0 Å². The van der Waals surface area contributed by atoms with Gasteiger partial charge in [0.15, 0.2) is 5.69 Å². The molecule has 2 N–H and O–H groups in total. The maximum Gasteiger partial charge on any atom is 0.273 e. The lowest BCUT2D eigenvalue weighted by Gasteiger charge is -2.22. The van der Waals surface area contributed by atoms with E-state index in [0.29, 0.717) is 18.3 Å². The maximum absolute atomic E-state index is 12.2. The van der Waals surface area contributed by atoms with Gasteiger partial charge in [0.25, 0.3) is 11.6 Å². The van der Waals surface area contributed by atoms with E-state index in [2.05, 4.69) is 20.9 Å². The number of aromatic nitrogens is 3. The summed E-state index contributed by atoms with van der Waals surface area (Å²) in [5.41, 5.74) is 1.50. The number of piperidine rings is 1. The van der Waals surface area contributed by atoms with Gasteiger partial charge in [-0.2, -0.15) is 0 Å². The van der Waals surface area contributed by atoms with Crippen LogP contribution in [0.1, 0.15) is 47.8 Å².